The number of aromatic nitrogens is 3. The van der Waals surface area contributed by atoms with E-state index in [1.54, 1.807) is 117 Å². The molecule has 32 nitrogen and oxygen atoms in total. The number of nitrogens with two attached hydrogens (primary N) is 2. The van der Waals surface area contributed by atoms with Gasteiger partial charge < -0.3 is 65.6 Å². The van der Waals surface area contributed by atoms with Gasteiger partial charge in [0.05, 0.1) is 144 Å². The number of halogens is 3. The summed E-state index contributed by atoms with van der Waals surface area (Å²) < 4.78 is 25.6. The van der Waals surface area contributed by atoms with Gasteiger partial charge in [0.2, 0.25) is 5.91 Å². The summed E-state index contributed by atoms with van der Waals surface area (Å²) >= 11 is 17.7. The average molecular weight is 1740 g/mol. The first kappa shape index (κ1) is 96.5. The number of unbranched alkanes of at least 4 members (excludes halogenated alkanes) is 2. The Morgan fingerprint density at radius 3 is 1.22 bits per heavy atom. The number of pyridine rings is 3. The van der Waals surface area contributed by atoms with Crippen molar-refractivity contribution in [2.45, 2.75) is 144 Å². The van der Waals surface area contributed by atoms with Crippen LogP contribution in [0.2, 0.25) is 15.3 Å². The van der Waals surface area contributed by atoms with Crippen molar-refractivity contribution in [1.29, 1.82) is 0 Å². The number of carboxylic acids is 1. The number of ketones is 5. The molecule has 0 bridgehead atoms. The number of carbonyl (C=O) groups is 10. The lowest BCUT2D eigenvalue weighted by Gasteiger charge is -2.15. The van der Waals surface area contributed by atoms with Crippen LogP contribution in [0.25, 0.3) is 0 Å². The molecule has 8 aromatic rings. The Morgan fingerprint density at radius 1 is 0.467 bits per heavy atom. The molecule has 5 aromatic carbocycles. The monoisotopic (exact) mass is 1740 g/mol. The van der Waals surface area contributed by atoms with E-state index in [0.29, 0.717) is 168 Å². The molecule has 4 amide bonds. The van der Waals surface area contributed by atoms with E-state index >= 15 is 0 Å². The minimum atomic E-state index is -1.15. The summed E-state index contributed by atoms with van der Waals surface area (Å²) in [5, 5.41) is 37.2. The van der Waals surface area contributed by atoms with Crippen molar-refractivity contribution in [3.8, 4) is 28.7 Å². The number of nitrogen functional groups attached to an aromatic ring is 1. The molecule has 35 heteroatoms. The molecule has 3 aliphatic heterocycles. The van der Waals surface area contributed by atoms with Crippen LogP contribution >= 0.6 is 34.8 Å². The molecule has 122 heavy (non-hydrogen) atoms. The number of fused-ring (bicyclic) bond motifs is 3. The molecule has 3 aromatic heterocycles. The lowest BCUT2D eigenvalue weighted by Crippen LogP contribution is -2.18. The van der Waals surface area contributed by atoms with Crippen LogP contribution in [0.5, 0.6) is 28.7 Å². The van der Waals surface area contributed by atoms with E-state index in [-0.39, 0.29) is 99.2 Å². The third-order valence-electron chi connectivity index (χ3n) is 19.4. The van der Waals surface area contributed by atoms with Crippen LogP contribution < -0.4 is 45.8 Å². The van der Waals surface area contributed by atoms with Crippen molar-refractivity contribution in [3.05, 3.63) is 212 Å². The number of ether oxygens (including phenoxy) is 5. The second-order valence-electron chi connectivity index (χ2n) is 28.7. The zero-order valence-corrected chi connectivity index (χ0v) is 72.1. The first-order valence-corrected chi connectivity index (χ1v) is 40.2. The van der Waals surface area contributed by atoms with Gasteiger partial charge in [-0.3, -0.25) is 68.4 Å². The van der Waals surface area contributed by atoms with Gasteiger partial charge in [-0.15, -0.1) is 0 Å². The molecule has 0 saturated heterocycles. The van der Waals surface area contributed by atoms with Crippen LogP contribution in [0.3, 0.4) is 0 Å². The normalized spacial score (nSPS) is 12.9. The Kier molecular flexibility index (Phi) is 36.1. The Bertz CT molecular complexity index is 5250. The maximum Gasteiger partial charge on any atom is 0.335 e. The van der Waals surface area contributed by atoms with E-state index in [0.717, 1.165) is 82.4 Å². The smallest absolute Gasteiger partial charge is 0.335 e. The maximum absolute atomic E-state index is 12.7. The van der Waals surface area contributed by atoms with Gasteiger partial charge in [-0.2, -0.15) is 0 Å². The first-order chi connectivity index (χ1) is 58.1. The largest absolute Gasteiger partial charge is 0.495 e. The van der Waals surface area contributed by atoms with E-state index in [9.17, 15) is 68.2 Å². The van der Waals surface area contributed by atoms with Gasteiger partial charge in [-0.25, -0.2) is 14.8 Å². The summed E-state index contributed by atoms with van der Waals surface area (Å²) in [6, 6.07) is 28.1. The molecule has 7 N–H and O–H groups in total. The van der Waals surface area contributed by atoms with E-state index in [1.807, 2.05) is 20.8 Å². The predicted octanol–water partition coefficient (Wildman–Crippen LogP) is 16.8. The molecule has 2 aliphatic carbocycles. The molecule has 0 atom stereocenters. The van der Waals surface area contributed by atoms with Crippen molar-refractivity contribution < 1.29 is 86.6 Å². The number of methoxy groups -OCH3 is 5. The average Bonchev–Trinajstić information content (AvgIpc) is 1.63. The Balaban J connectivity index is 0.000000204. The topological polar surface area (TPSA) is 448 Å². The van der Waals surface area contributed by atoms with Crippen LogP contribution in [-0.2, 0) is 35.6 Å². The number of amides is 4. The van der Waals surface area contributed by atoms with Crippen molar-refractivity contribution in [2.75, 3.05) is 73.1 Å². The second kappa shape index (κ2) is 45.6. The Hall–Kier alpha value is -12.7. The molecule has 2 saturated carbocycles. The van der Waals surface area contributed by atoms with E-state index in [2.05, 4.69) is 32.5 Å². The van der Waals surface area contributed by atoms with Gasteiger partial charge in [0.1, 0.15) is 33.3 Å². The number of Topliss-reactive ketones (excluding diaryl/α,β-unsaturated/α-hetero) is 5. The number of nitrogens with one attached hydrogen (secondary N) is 2. The SMILES string of the molecule is CCCC(=O)c1ccc(Nc2cc(CC(=O)C3CC3)nc3c2C(=O)N(C)C3)c(OC)c1.CCCC(=O)c1ccc(Nc2cc(Cl)nc3c2C(=O)N(C)C3)c(OC)c1.CCCCC(=O)c1ccc(N)c(OC)c1.CCCCC(=O)c1ccc([N+](=O)[O-])c(OC)c1.CN1Cc2nc(Cl)cc(Cl)c2C1=O.COc1cc(C(=O)O)ccc1[N+](=O)[O-].NC(=O)C1CC1. The number of anilines is 5. The van der Waals surface area contributed by atoms with Crippen molar-refractivity contribution in [3.63, 3.8) is 0 Å². The number of nitro groups is 2. The number of primary amides is 1. The highest BCUT2D eigenvalue weighted by Gasteiger charge is 2.35. The minimum Gasteiger partial charge on any atom is -0.495 e. The van der Waals surface area contributed by atoms with Crippen molar-refractivity contribution in [1.82, 2.24) is 29.7 Å². The number of carboxylic acid groups (broad SMARTS) is 1. The number of carbonyl (C=O) groups excluding carboxylic acids is 9. The number of nitro benzene ring substituents is 2. The number of rotatable bonds is 30. The van der Waals surface area contributed by atoms with E-state index in [4.69, 9.17) is 75.1 Å². The summed E-state index contributed by atoms with van der Waals surface area (Å²) in [5.41, 5.74) is 19.6. The standard InChI is InChI=1S/C24H27N3O4.C19H20ClN3O3.C12H15NO4.C12H17NO2.C8H6Cl2N2O.C8H7NO5.C4H7NO/c1-4-5-20(28)15-8-9-17(22(10-15)31-3)26-18-11-16(12-21(29)14-6-7-14)25-19-13-27(2)24(30)23(18)19;1-4-5-15(24)11-6-7-12(16(8-11)26-3)21-13-9-17(20)22-14-10-23(2)19(25)18(13)14;1-3-4-5-11(14)9-6-7-10(13(15)16)12(8-9)17-2;1-3-4-5-11(14)9-6-7-10(13)12(8-9)15-2;1-12-3-5-7(8(12)13)4(9)2-6(10)11-5;1-14-7-4-5(8(10)11)2-3-6(7)9(12)13;5-4(6)3-1-2-3/h8-11,14H,4-7,12-13H2,1-3H3,(H,25,26);6-9H,4-5,10H2,1-3H3,(H,21,22);6-8H,3-5H2,1-2H3;6-8H,3-5,13H2,1-2H3;2H,3H2,1H3;2-4H,1H3,(H,10,11);3H,1-2H2,(H2,5,6). The van der Waals surface area contributed by atoms with Gasteiger partial charge >= 0.3 is 17.3 Å². The number of aromatic carboxylic acids is 1. The van der Waals surface area contributed by atoms with Crippen molar-refractivity contribution in [2.24, 2.45) is 17.6 Å². The zero-order valence-electron chi connectivity index (χ0n) is 69.8. The highest BCUT2D eigenvalue weighted by atomic mass is 35.5. The predicted molar refractivity (Wildman–Crippen MR) is 461 cm³/mol. The first-order valence-electron chi connectivity index (χ1n) is 39.1. The van der Waals surface area contributed by atoms with E-state index in [1.165, 1.54) is 45.6 Å². The molecule has 6 heterocycles. The summed E-state index contributed by atoms with van der Waals surface area (Å²) in [6.07, 6.45) is 11.5. The van der Waals surface area contributed by atoms with Gasteiger partial charge in [-0.1, -0.05) is 75.3 Å². The number of hydrogen-bond donors (Lipinski definition) is 5. The van der Waals surface area contributed by atoms with Crippen LogP contribution in [0.1, 0.15) is 223 Å². The summed E-state index contributed by atoms with van der Waals surface area (Å²) in [7, 11) is 12.4. The second-order valence-corrected chi connectivity index (χ2v) is 29.8. The van der Waals surface area contributed by atoms with Crippen LogP contribution in [0.15, 0.2) is 109 Å². The highest BCUT2D eigenvalue weighted by Crippen LogP contribution is 2.40. The fourth-order valence-electron chi connectivity index (χ4n) is 12.4. The van der Waals surface area contributed by atoms with Gasteiger partial charge in [-0.05, 0) is 142 Å². The molecular weight excluding hydrogens is 1640 g/mol. The fraction of sp³-hybridized carbons (Fsp3) is 0.368. The highest BCUT2D eigenvalue weighted by molar-refractivity contribution is 6.36. The van der Waals surface area contributed by atoms with Gasteiger partial charge in [0.15, 0.2) is 34.6 Å². The lowest BCUT2D eigenvalue weighted by atomic mass is 10.0. The molecular formula is C87H99Cl3N12O20. The molecule has 13 rings (SSSR count). The minimum absolute atomic E-state index is 0.0138. The molecule has 5 aliphatic rings. The van der Waals surface area contributed by atoms with Crippen LogP contribution in [0, 0.1) is 32.1 Å². The third-order valence-corrected chi connectivity index (χ3v) is 20.1. The molecule has 2 fully saturated rings. The number of hydrogen-bond acceptors (Lipinski definition) is 25. The third kappa shape index (κ3) is 26.4. The van der Waals surface area contributed by atoms with Gasteiger partial charge in [0.25, 0.3) is 17.7 Å². The summed E-state index contributed by atoms with van der Waals surface area (Å²) in [5.74, 6) is 0.934. The summed E-state index contributed by atoms with van der Waals surface area (Å²) in [4.78, 5) is 155. The fourth-order valence-corrected chi connectivity index (χ4v) is 13.2. The molecule has 0 spiro atoms. The Morgan fingerprint density at radius 2 is 0.828 bits per heavy atom. The number of benzene rings is 5. The van der Waals surface area contributed by atoms with E-state index < -0.39 is 15.8 Å². The van der Waals surface area contributed by atoms with Crippen LogP contribution in [0.4, 0.5) is 39.8 Å². The van der Waals surface area contributed by atoms with Gasteiger partial charge in [0, 0.05) is 106 Å². The Labute approximate surface area is 720 Å². The van der Waals surface area contributed by atoms with Crippen molar-refractivity contribution >= 4 is 133 Å². The maximum atomic E-state index is 12.7. The quantitative estimate of drug-likeness (QED) is 0.00917. The summed E-state index contributed by atoms with van der Waals surface area (Å²) in [6.45, 7) is 9.32. The molecule has 0 unspecified atom stereocenters. The number of nitrogens with zero attached hydrogens (tertiary/aromatic N) is 8. The zero-order chi connectivity index (χ0) is 89.9. The molecule has 648 valence electrons. The lowest BCUT2D eigenvalue weighted by molar-refractivity contribution is -0.385. The van der Waals surface area contributed by atoms with Crippen LogP contribution in [-0.4, -0.2) is 160 Å². The molecule has 0 radical (unpaired) electrons.